The number of nitro groups is 1. The molecule has 0 aromatic heterocycles. The maximum Gasteiger partial charge on any atom is 0.272 e. The summed E-state index contributed by atoms with van der Waals surface area (Å²) in [6.45, 7) is 3.22. The van der Waals surface area contributed by atoms with E-state index in [1.165, 1.54) is 11.0 Å². The standard InChI is InChI=1S/C11H16N2O3/c1-9-8-10(16-7-6-12(2)3)4-5-11(9)13(14)15/h4-5,8H,6-7H2,1-3H3/p+1. The summed E-state index contributed by atoms with van der Waals surface area (Å²) in [6, 6.07) is 4.81. The van der Waals surface area contributed by atoms with Crippen LogP contribution < -0.4 is 9.64 Å². The minimum absolute atomic E-state index is 0.130. The van der Waals surface area contributed by atoms with Gasteiger partial charge in [0.1, 0.15) is 18.9 Å². The van der Waals surface area contributed by atoms with Crippen molar-refractivity contribution in [1.82, 2.24) is 0 Å². The lowest BCUT2D eigenvalue weighted by atomic mass is 10.2. The average molecular weight is 225 g/mol. The van der Waals surface area contributed by atoms with E-state index < -0.39 is 0 Å². The molecule has 16 heavy (non-hydrogen) atoms. The molecule has 1 N–H and O–H groups in total. The topological polar surface area (TPSA) is 56.8 Å². The first-order valence-electron chi connectivity index (χ1n) is 5.17. The summed E-state index contributed by atoms with van der Waals surface area (Å²) in [5.41, 5.74) is 0.755. The fraction of sp³-hybridized carbons (Fsp3) is 0.455. The second-order valence-electron chi connectivity index (χ2n) is 4.01. The number of nitrogens with zero attached hydrogens (tertiary/aromatic N) is 1. The van der Waals surface area contributed by atoms with Gasteiger partial charge in [0.2, 0.25) is 0 Å². The third-order valence-corrected chi connectivity index (χ3v) is 2.24. The maximum atomic E-state index is 10.6. The van der Waals surface area contributed by atoms with E-state index >= 15 is 0 Å². The summed E-state index contributed by atoms with van der Waals surface area (Å²) in [6.07, 6.45) is 0. The summed E-state index contributed by atoms with van der Waals surface area (Å²) in [7, 11) is 4.09. The van der Waals surface area contributed by atoms with E-state index in [2.05, 4.69) is 0 Å². The zero-order chi connectivity index (χ0) is 12.1. The smallest absolute Gasteiger partial charge is 0.272 e. The van der Waals surface area contributed by atoms with Gasteiger partial charge in [0, 0.05) is 11.6 Å². The van der Waals surface area contributed by atoms with E-state index in [-0.39, 0.29) is 10.6 Å². The molecule has 1 rings (SSSR count). The molecule has 0 radical (unpaired) electrons. The van der Waals surface area contributed by atoms with Crippen LogP contribution in [0.1, 0.15) is 5.56 Å². The highest BCUT2D eigenvalue weighted by Crippen LogP contribution is 2.22. The minimum Gasteiger partial charge on any atom is -0.488 e. The molecule has 0 spiro atoms. The van der Waals surface area contributed by atoms with Crippen molar-refractivity contribution in [2.75, 3.05) is 27.2 Å². The fourth-order valence-electron chi connectivity index (χ4n) is 1.30. The van der Waals surface area contributed by atoms with Crippen LogP contribution in [0.25, 0.3) is 0 Å². The molecule has 0 unspecified atom stereocenters. The highest BCUT2D eigenvalue weighted by molar-refractivity contribution is 5.44. The number of rotatable bonds is 5. The Kier molecular flexibility index (Phi) is 4.25. The lowest BCUT2D eigenvalue weighted by molar-refractivity contribution is -0.858. The maximum absolute atomic E-state index is 10.6. The van der Waals surface area contributed by atoms with Crippen molar-refractivity contribution >= 4 is 5.69 Å². The van der Waals surface area contributed by atoms with Gasteiger partial charge in [-0.15, -0.1) is 0 Å². The van der Waals surface area contributed by atoms with Crippen molar-refractivity contribution in [3.05, 3.63) is 33.9 Å². The number of hydrogen-bond acceptors (Lipinski definition) is 3. The molecule has 5 nitrogen and oxygen atoms in total. The number of benzene rings is 1. The number of nitrogens with one attached hydrogen (secondary N) is 1. The van der Waals surface area contributed by atoms with Crippen molar-refractivity contribution in [3.63, 3.8) is 0 Å². The van der Waals surface area contributed by atoms with Gasteiger partial charge in [0.05, 0.1) is 19.0 Å². The molecule has 1 aromatic carbocycles. The van der Waals surface area contributed by atoms with Crippen LogP contribution in [0.4, 0.5) is 5.69 Å². The largest absolute Gasteiger partial charge is 0.488 e. The molecule has 0 heterocycles. The minimum atomic E-state index is -0.386. The molecular formula is C11H17N2O3+. The Bertz CT molecular complexity index is 377. The van der Waals surface area contributed by atoms with E-state index in [9.17, 15) is 10.1 Å². The number of hydrogen-bond donors (Lipinski definition) is 1. The van der Waals surface area contributed by atoms with E-state index in [1.54, 1.807) is 19.1 Å². The Morgan fingerprint density at radius 2 is 2.12 bits per heavy atom. The van der Waals surface area contributed by atoms with E-state index in [0.717, 1.165) is 6.54 Å². The molecule has 0 fully saturated rings. The Morgan fingerprint density at radius 3 is 2.62 bits per heavy atom. The lowest BCUT2D eigenvalue weighted by Crippen LogP contribution is -3.06. The predicted molar refractivity (Wildman–Crippen MR) is 61.0 cm³/mol. The molecule has 0 aliphatic heterocycles. The van der Waals surface area contributed by atoms with Gasteiger partial charge >= 0.3 is 0 Å². The highest BCUT2D eigenvalue weighted by atomic mass is 16.6. The lowest BCUT2D eigenvalue weighted by Gasteiger charge is -2.09. The normalized spacial score (nSPS) is 10.5. The van der Waals surface area contributed by atoms with Gasteiger partial charge in [0.25, 0.3) is 5.69 Å². The number of nitro benzene ring substituents is 1. The van der Waals surface area contributed by atoms with Crippen LogP contribution in [0, 0.1) is 17.0 Å². The number of quaternary nitrogens is 1. The van der Waals surface area contributed by atoms with Crippen LogP contribution in [0.15, 0.2) is 18.2 Å². The number of likely N-dealkylation sites (N-methyl/N-ethyl adjacent to an activating group) is 1. The first-order valence-corrected chi connectivity index (χ1v) is 5.17. The molecule has 0 amide bonds. The Hall–Kier alpha value is -1.62. The Labute approximate surface area is 94.8 Å². The summed E-state index contributed by atoms with van der Waals surface area (Å²) >= 11 is 0. The van der Waals surface area contributed by atoms with Gasteiger partial charge in [-0.25, -0.2) is 0 Å². The van der Waals surface area contributed by atoms with Crippen LogP contribution in [-0.4, -0.2) is 32.2 Å². The molecule has 0 saturated heterocycles. The zero-order valence-electron chi connectivity index (χ0n) is 9.82. The average Bonchev–Trinajstić information content (AvgIpc) is 2.16. The quantitative estimate of drug-likeness (QED) is 0.584. The summed E-state index contributed by atoms with van der Waals surface area (Å²) in [5, 5.41) is 10.6. The zero-order valence-corrected chi connectivity index (χ0v) is 9.82. The second kappa shape index (κ2) is 5.46. The van der Waals surface area contributed by atoms with E-state index in [0.29, 0.717) is 17.9 Å². The highest BCUT2D eigenvalue weighted by Gasteiger charge is 2.10. The van der Waals surface area contributed by atoms with Crippen LogP contribution in [0.2, 0.25) is 0 Å². The monoisotopic (exact) mass is 225 g/mol. The molecule has 1 aromatic rings. The molecule has 0 aliphatic rings. The molecule has 0 atom stereocenters. The van der Waals surface area contributed by atoms with Crippen LogP contribution in [0.3, 0.4) is 0 Å². The van der Waals surface area contributed by atoms with Crippen molar-refractivity contribution in [3.8, 4) is 5.75 Å². The van der Waals surface area contributed by atoms with Crippen molar-refractivity contribution in [2.45, 2.75) is 6.92 Å². The molecule has 5 heteroatoms. The predicted octanol–water partition coefficient (Wildman–Crippen LogP) is 0.427. The SMILES string of the molecule is Cc1cc(OCC[NH+](C)C)ccc1[N+](=O)[O-]. The number of ether oxygens (including phenoxy) is 1. The van der Waals surface area contributed by atoms with Gasteiger partial charge in [0.15, 0.2) is 0 Å². The first-order chi connectivity index (χ1) is 7.50. The molecule has 0 bridgehead atoms. The van der Waals surface area contributed by atoms with E-state index in [1.807, 2.05) is 14.1 Å². The van der Waals surface area contributed by atoms with Crippen LogP contribution in [-0.2, 0) is 0 Å². The van der Waals surface area contributed by atoms with Gasteiger partial charge in [-0.05, 0) is 19.1 Å². The summed E-state index contributed by atoms with van der Waals surface area (Å²) in [4.78, 5) is 11.5. The van der Waals surface area contributed by atoms with Crippen LogP contribution in [0.5, 0.6) is 5.75 Å². The summed E-state index contributed by atoms with van der Waals surface area (Å²) < 4.78 is 5.49. The fourth-order valence-corrected chi connectivity index (χ4v) is 1.30. The van der Waals surface area contributed by atoms with Gasteiger partial charge in [-0.1, -0.05) is 0 Å². The third-order valence-electron chi connectivity index (χ3n) is 2.24. The van der Waals surface area contributed by atoms with Crippen molar-refractivity contribution < 1.29 is 14.6 Å². The van der Waals surface area contributed by atoms with Crippen molar-refractivity contribution in [1.29, 1.82) is 0 Å². The second-order valence-corrected chi connectivity index (χ2v) is 4.01. The van der Waals surface area contributed by atoms with Gasteiger partial charge < -0.3 is 9.64 Å². The molecule has 88 valence electrons. The van der Waals surface area contributed by atoms with Gasteiger partial charge in [-0.3, -0.25) is 10.1 Å². The van der Waals surface area contributed by atoms with Crippen LogP contribution >= 0.6 is 0 Å². The molecule has 0 aliphatic carbocycles. The van der Waals surface area contributed by atoms with Gasteiger partial charge in [-0.2, -0.15) is 0 Å². The third kappa shape index (κ3) is 3.51. The molecule has 0 saturated carbocycles. The molecular weight excluding hydrogens is 208 g/mol. The van der Waals surface area contributed by atoms with Crippen molar-refractivity contribution in [2.24, 2.45) is 0 Å². The number of aryl methyl sites for hydroxylation is 1. The summed E-state index contributed by atoms with van der Waals surface area (Å²) in [5.74, 6) is 0.685. The first kappa shape index (κ1) is 12.4. The van der Waals surface area contributed by atoms with E-state index in [4.69, 9.17) is 4.74 Å². The Morgan fingerprint density at radius 1 is 1.44 bits per heavy atom. The Balaban J connectivity index is 2.63.